The molecule has 2 aliphatic heterocycles. The van der Waals surface area contributed by atoms with Crippen LogP contribution in [0.4, 0.5) is 4.79 Å². The zero-order valence-corrected chi connectivity index (χ0v) is 19.6. The molecule has 0 saturated carbocycles. The van der Waals surface area contributed by atoms with Crippen LogP contribution in [-0.4, -0.2) is 78.1 Å². The lowest BCUT2D eigenvalue weighted by Gasteiger charge is -2.29. The van der Waals surface area contributed by atoms with Crippen molar-refractivity contribution in [1.82, 2.24) is 20.9 Å². The summed E-state index contributed by atoms with van der Waals surface area (Å²) in [7, 11) is 1.19. The standard InChI is InChI=1S/C22H32N4O7/c1-13-17(27)24-15(20(30)32-5)10-7-6-9-14(25-21(31)33-22(2,3)4)19(29)26-12-8-11-16(26)18(28)23-13/h13-16H,8-12H2,1-5H3,(H,23,28)(H,24,27)(H,25,31)/t13-,14-,15-,16-/m0/s1. The van der Waals surface area contributed by atoms with Gasteiger partial charge in [0.05, 0.1) is 7.11 Å². The molecule has 11 heteroatoms. The lowest BCUT2D eigenvalue weighted by molar-refractivity contribution is -0.145. The van der Waals surface area contributed by atoms with Gasteiger partial charge in [-0.25, -0.2) is 9.59 Å². The molecular formula is C22H32N4O7. The minimum absolute atomic E-state index is 0.0683. The molecule has 2 aliphatic rings. The van der Waals surface area contributed by atoms with Crippen LogP contribution < -0.4 is 16.0 Å². The molecule has 0 aromatic rings. The lowest BCUT2D eigenvalue weighted by atomic mass is 10.1. The number of methoxy groups -OCH3 is 1. The van der Waals surface area contributed by atoms with Crippen LogP contribution in [0.2, 0.25) is 0 Å². The first-order valence-electron chi connectivity index (χ1n) is 10.9. The van der Waals surface area contributed by atoms with Crippen LogP contribution in [-0.2, 0) is 28.7 Å². The van der Waals surface area contributed by atoms with Crippen molar-refractivity contribution in [2.24, 2.45) is 0 Å². The van der Waals surface area contributed by atoms with E-state index < -0.39 is 59.6 Å². The predicted octanol–water partition coefficient (Wildman–Crippen LogP) is -0.170. The first-order chi connectivity index (χ1) is 15.4. The Kier molecular flexibility index (Phi) is 8.68. The van der Waals surface area contributed by atoms with Crippen LogP contribution >= 0.6 is 0 Å². The van der Waals surface area contributed by atoms with Crippen molar-refractivity contribution in [3.63, 3.8) is 0 Å². The van der Waals surface area contributed by atoms with E-state index >= 15 is 0 Å². The highest BCUT2D eigenvalue weighted by atomic mass is 16.6. The summed E-state index contributed by atoms with van der Waals surface area (Å²) in [4.78, 5) is 64.3. The summed E-state index contributed by atoms with van der Waals surface area (Å²) in [6.45, 7) is 6.91. The number of fused-ring (bicyclic) bond motifs is 1. The number of nitrogens with one attached hydrogen (secondary N) is 3. The number of hydrogen-bond acceptors (Lipinski definition) is 7. The normalized spacial score (nSPS) is 26.6. The van der Waals surface area contributed by atoms with Gasteiger partial charge >= 0.3 is 12.1 Å². The highest BCUT2D eigenvalue weighted by Crippen LogP contribution is 2.20. The number of ether oxygens (including phenoxy) is 2. The smallest absolute Gasteiger partial charge is 0.408 e. The molecule has 1 fully saturated rings. The van der Waals surface area contributed by atoms with Gasteiger partial charge in [0, 0.05) is 19.4 Å². The molecule has 2 rings (SSSR count). The predicted molar refractivity (Wildman–Crippen MR) is 116 cm³/mol. The van der Waals surface area contributed by atoms with Crippen molar-refractivity contribution in [2.75, 3.05) is 13.7 Å². The number of esters is 1. The Morgan fingerprint density at radius 3 is 2.39 bits per heavy atom. The topological polar surface area (TPSA) is 143 Å². The number of carbonyl (C=O) groups excluding carboxylic acids is 5. The SMILES string of the molecule is COC(=O)[C@@H]1CC#CC[C@H](NC(=O)OC(C)(C)C)C(=O)N2CCC[C@H]2C(=O)N[C@@H](C)C(=O)N1. The van der Waals surface area contributed by atoms with Crippen LogP contribution in [0.1, 0.15) is 53.4 Å². The van der Waals surface area contributed by atoms with Gasteiger partial charge < -0.3 is 30.3 Å². The monoisotopic (exact) mass is 464 g/mol. The van der Waals surface area contributed by atoms with Gasteiger partial charge in [-0.2, -0.15) is 0 Å². The van der Waals surface area contributed by atoms with E-state index in [0.717, 1.165) is 0 Å². The minimum atomic E-state index is -1.05. The number of alkyl carbamates (subject to hydrolysis) is 1. The third-order valence-corrected chi connectivity index (χ3v) is 5.12. The van der Waals surface area contributed by atoms with Crippen LogP contribution in [0.5, 0.6) is 0 Å². The summed E-state index contributed by atoms with van der Waals surface area (Å²) in [5, 5.41) is 7.67. The molecule has 3 N–H and O–H groups in total. The van der Waals surface area contributed by atoms with Gasteiger partial charge in [-0.1, -0.05) is 0 Å². The molecule has 33 heavy (non-hydrogen) atoms. The molecule has 0 aromatic carbocycles. The summed E-state index contributed by atoms with van der Waals surface area (Å²) in [5.41, 5.74) is -0.765. The summed E-state index contributed by atoms with van der Waals surface area (Å²) in [6, 6.07) is -3.84. The highest BCUT2D eigenvalue weighted by Gasteiger charge is 2.39. The van der Waals surface area contributed by atoms with Crippen molar-refractivity contribution in [3.05, 3.63) is 0 Å². The summed E-state index contributed by atoms with van der Waals surface area (Å²) >= 11 is 0. The summed E-state index contributed by atoms with van der Waals surface area (Å²) in [5.74, 6) is 3.34. The first-order valence-corrected chi connectivity index (χ1v) is 10.9. The Morgan fingerprint density at radius 1 is 1.09 bits per heavy atom. The number of nitrogens with zero attached hydrogens (tertiary/aromatic N) is 1. The third-order valence-electron chi connectivity index (χ3n) is 5.12. The minimum Gasteiger partial charge on any atom is -0.467 e. The quantitative estimate of drug-likeness (QED) is 0.380. The van der Waals surface area contributed by atoms with Gasteiger partial charge in [-0.05, 0) is 40.5 Å². The first kappa shape index (κ1) is 26.0. The maximum atomic E-state index is 13.3. The van der Waals surface area contributed by atoms with E-state index in [-0.39, 0.29) is 12.8 Å². The molecule has 0 spiro atoms. The largest absolute Gasteiger partial charge is 0.467 e. The number of rotatable bonds is 2. The van der Waals surface area contributed by atoms with E-state index in [1.165, 1.54) is 18.9 Å². The second-order valence-corrected chi connectivity index (χ2v) is 8.96. The van der Waals surface area contributed by atoms with Crippen LogP contribution in [0.15, 0.2) is 0 Å². The number of amides is 4. The second-order valence-electron chi connectivity index (χ2n) is 8.96. The zero-order chi connectivity index (χ0) is 24.8. The summed E-state index contributed by atoms with van der Waals surface area (Å²) < 4.78 is 9.98. The van der Waals surface area contributed by atoms with Crippen molar-refractivity contribution < 1.29 is 33.4 Å². The maximum Gasteiger partial charge on any atom is 0.408 e. The molecule has 0 radical (unpaired) electrons. The Bertz CT molecular complexity index is 855. The molecular weight excluding hydrogens is 432 g/mol. The molecule has 2 heterocycles. The average Bonchev–Trinajstić information content (AvgIpc) is 3.21. The Balaban J connectivity index is 2.34. The van der Waals surface area contributed by atoms with Crippen molar-refractivity contribution in [3.8, 4) is 11.8 Å². The fourth-order valence-corrected chi connectivity index (χ4v) is 3.51. The Hall–Kier alpha value is -3.29. The third kappa shape index (κ3) is 7.37. The fourth-order valence-electron chi connectivity index (χ4n) is 3.51. The fraction of sp³-hybridized carbons (Fsp3) is 0.682. The van der Waals surface area contributed by atoms with E-state index in [1.807, 2.05) is 0 Å². The molecule has 0 unspecified atom stereocenters. The molecule has 4 atom stereocenters. The molecule has 11 nitrogen and oxygen atoms in total. The molecule has 182 valence electrons. The van der Waals surface area contributed by atoms with Crippen molar-refractivity contribution in [2.45, 2.75) is 83.1 Å². The molecule has 4 amide bonds. The number of carbonyl (C=O) groups is 5. The van der Waals surface area contributed by atoms with Crippen LogP contribution in [0.3, 0.4) is 0 Å². The molecule has 1 saturated heterocycles. The van der Waals surface area contributed by atoms with E-state index in [1.54, 1.807) is 20.8 Å². The van der Waals surface area contributed by atoms with E-state index in [9.17, 15) is 24.0 Å². The van der Waals surface area contributed by atoms with Gasteiger partial charge in [0.1, 0.15) is 29.8 Å². The Labute approximate surface area is 193 Å². The number of hydrogen-bond donors (Lipinski definition) is 3. The van der Waals surface area contributed by atoms with Gasteiger partial charge in [0.2, 0.25) is 17.7 Å². The average molecular weight is 465 g/mol. The maximum absolute atomic E-state index is 13.3. The van der Waals surface area contributed by atoms with Gasteiger partial charge in [-0.3, -0.25) is 14.4 Å². The molecule has 0 bridgehead atoms. The highest BCUT2D eigenvalue weighted by molar-refractivity contribution is 5.95. The zero-order valence-electron chi connectivity index (χ0n) is 19.6. The van der Waals surface area contributed by atoms with Crippen LogP contribution in [0, 0.1) is 11.8 Å². The van der Waals surface area contributed by atoms with Gasteiger partial charge in [0.25, 0.3) is 0 Å². The van der Waals surface area contributed by atoms with Crippen molar-refractivity contribution >= 4 is 29.8 Å². The van der Waals surface area contributed by atoms with Gasteiger partial charge in [0.15, 0.2) is 0 Å². The Morgan fingerprint density at radius 2 is 1.76 bits per heavy atom. The molecule has 0 aromatic heterocycles. The van der Waals surface area contributed by atoms with Gasteiger partial charge in [-0.15, -0.1) is 11.8 Å². The van der Waals surface area contributed by atoms with E-state index in [2.05, 4.69) is 27.8 Å². The van der Waals surface area contributed by atoms with E-state index in [0.29, 0.717) is 19.4 Å². The lowest BCUT2D eigenvalue weighted by Crippen LogP contribution is -2.57. The van der Waals surface area contributed by atoms with Crippen LogP contribution in [0.25, 0.3) is 0 Å². The summed E-state index contributed by atoms with van der Waals surface area (Å²) in [6.07, 6.45) is 0.0958. The second kappa shape index (κ2) is 11.0. The van der Waals surface area contributed by atoms with E-state index in [4.69, 9.17) is 9.47 Å². The molecule has 0 aliphatic carbocycles. The van der Waals surface area contributed by atoms with Crippen molar-refractivity contribution in [1.29, 1.82) is 0 Å².